The van der Waals surface area contributed by atoms with E-state index in [9.17, 15) is 18.0 Å². The van der Waals surface area contributed by atoms with Crippen LogP contribution in [0.3, 0.4) is 0 Å². The fraction of sp³-hybridized carbons (Fsp3) is 0.294. The van der Waals surface area contributed by atoms with Crippen molar-refractivity contribution in [2.75, 3.05) is 17.7 Å². The lowest BCUT2D eigenvalue weighted by Crippen LogP contribution is -2.20. The van der Waals surface area contributed by atoms with Gasteiger partial charge in [-0.05, 0) is 61.3 Å². The Morgan fingerprint density at radius 2 is 1.89 bits per heavy atom. The number of thiophene rings is 1. The highest BCUT2D eigenvalue weighted by Crippen LogP contribution is 2.39. The second-order valence-corrected chi connectivity index (χ2v) is 7.22. The molecule has 144 valence electrons. The van der Waals surface area contributed by atoms with E-state index in [2.05, 4.69) is 15.4 Å². The minimum Gasteiger partial charge on any atom is -0.465 e. The Kier molecular flexibility index (Phi) is 5.56. The molecule has 0 spiro atoms. The molecular formula is C17H15F3N2O3S2. The van der Waals surface area contributed by atoms with E-state index in [4.69, 9.17) is 17.0 Å². The molecule has 0 aliphatic heterocycles. The lowest BCUT2D eigenvalue weighted by Gasteiger charge is -2.12. The first-order valence-corrected chi connectivity index (χ1v) is 9.16. The molecule has 0 radical (unpaired) electrons. The van der Waals surface area contributed by atoms with Gasteiger partial charge in [-0.25, -0.2) is 4.79 Å². The van der Waals surface area contributed by atoms with Gasteiger partial charge in [0.05, 0.1) is 12.7 Å². The maximum Gasteiger partial charge on any atom is 0.573 e. The third kappa shape index (κ3) is 4.69. The van der Waals surface area contributed by atoms with Gasteiger partial charge in [0.2, 0.25) is 0 Å². The highest BCUT2D eigenvalue weighted by Gasteiger charge is 2.31. The number of carbonyl (C=O) groups excluding carboxylic acids is 1. The summed E-state index contributed by atoms with van der Waals surface area (Å²) in [6, 6.07) is 5.17. The van der Waals surface area contributed by atoms with Crippen LogP contribution in [0, 0.1) is 0 Å². The molecule has 5 nitrogen and oxygen atoms in total. The van der Waals surface area contributed by atoms with Gasteiger partial charge in [-0.1, -0.05) is 0 Å². The van der Waals surface area contributed by atoms with Crippen molar-refractivity contribution in [1.82, 2.24) is 0 Å². The molecule has 0 bridgehead atoms. The summed E-state index contributed by atoms with van der Waals surface area (Å²) < 4.78 is 45.3. The number of esters is 1. The predicted molar refractivity (Wildman–Crippen MR) is 101 cm³/mol. The molecule has 27 heavy (non-hydrogen) atoms. The smallest absolute Gasteiger partial charge is 0.465 e. The van der Waals surface area contributed by atoms with Gasteiger partial charge in [0.15, 0.2) is 5.11 Å². The monoisotopic (exact) mass is 416 g/mol. The fourth-order valence-corrected chi connectivity index (χ4v) is 4.38. The van der Waals surface area contributed by atoms with Crippen LogP contribution in [0.1, 0.15) is 27.2 Å². The van der Waals surface area contributed by atoms with Crippen molar-refractivity contribution >= 4 is 45.3 Å². The van der Waals surface area contributed by atoms with Crippen LogP contribution in [0.4, 0.5) is 23.9 Å². The number of alkyl halides is 3. The average molecular weight is 416 g/mol. The minimum absolute atomic E-state index is 0.213. The van der Waals surface area contributed by atoms with E-state index in [1.54, 1.807) is 0 Å². The maximum absolute atomic E-state index is 12.2. The number of carbonyl (C=O) groups is 1. The molecule has 3 rings (SSSR count). The van der Waals surface area contributed by atoms with E-state index in [1.165, 1.54) is 42.7 Å². The first-order valence-electron chi connectivity index (χ1n) is 7.93. The normalized spacial score (nSPS) is 13.0. The molecule has 0 saturated carbocycles. The van der Waals surface area contributed by atoms with Crippen LogP contribution in [0.15, 0.2) is 24.3 Å². The number of rotatable bonds is 4. The predicted octanol–water partition coefficient (Wildman–Crippen LogP) is 4.73. The van der Waals surface area contributed by atoms with Crippen LogP contribution in [-0.2, 0) is 17.6 Å². The zero-order chi connectivity index (χ0) is 19.6. The number of hydrogen-bond acceptors (Lipinski definition) is 5. The summed E-state index contributed by atoms with van der Waals surface area (Å²) >= 11 is 6.70. The number of benzene rings is 1. The van der Waals surface area contributed by atoms with Gasteiger partial charge >= 0.3 is 12.3 Å². The number of halogens is 3. The number of ether oxygens (including phenoxy) is 2. The highest BCUT2D eigenvalue weighted by molar-refractivity contribution is 7.80. The Morgan fingerprint density at radius 3 is 2.52 bits per heavy atom. The summed E-state index contributed by atoms with van der Waals surface area (Å²) in [5.74, 6) is -0.747. The molecule has 0 unspecified atom stereocenters. The van der Waals surface area contributed by atoms with Gasteiger partial charge in [0, 0.05) is 10.6 Å². The molecule has 0 atom stereocenters. The van der Waals surface area contributed by atoms with Crippen LogP contribution < -0.4 is 15.4 Å². The average Bonchev–Trinajstić information content (AvgIpc) is 3.15. The van der Waals surface area contributed by atoms with E-state index in [-0.39, 0.29) is 10.9 Å². The van der Waals surface area contributed by atoms with Gasteiger partial charge < -0.3 is 20.1 Å². The fourth-order valence-electron chi connectivity index (χ4n) is 2.82. The van der Waals surface area contributed by atoms with Crippen LogP contribution in [0.5, 0.6) is 5.75 Å². The molecule has 1 aliphatic carbocycles. The summed E-state index contributed by atoms with van der Waals surface area (Å²) in [7, 11) is 1.33. The second kappa shape index (κ2) is 7.73. The number of nitrogens with one attached hydrogen (secondary N) is 2. The quantitative estimate of drug-likeness (QED) is 0.555. The lowest BCUT2D eigenvalue weighted by atomic mass is 10.1. The van der Waals surface area contributed by atoms with Crippen LogP contribution in [-0.4, -0.2) is 24.6 Å². The molecule has 2 aromatic rings. The molecule has 0 amide bonds. The van der Waals surface area contributed by atoms with Crippen molar-refractivity contribution in [2.24, 2.45) is 0 Å². The number of thiocarbonyl (C=S) groups is 1. The molecule has 1 aliphatic rings. The van der Waals surface area contributed by atoms with Crippen molar-refractivity contribution in [3.63, 3.8) is 0 Å². The summed E-state index contributed by atoms with van der Waals surface area (Å²) in [6.45, 7) is 0. The van der Waals surface area contributed by atoms with Crippen LogP contribution in [0.25, 0.3) is 0 Å². The van der Waals surface area contributed by atoms with Crippen molar-refractivity contribution in [1.29, 1.82) is 0 Å². The van der Waals surface area contributed by atoms with Gasteiger partial charge in [0.1, 0.15) is 10.8 Å². The summed E-state index contributed by atoms with van der Waals surface area (Å²) in [4.78, 5) is 13.3. The maximum atomic E-state index is 12.2. The first-order chi connectivity index (χ1) is 12.8. The topological polar surface area (TPSA) is 59.6 Å². The van der Waals surface area contributed by atoms with Crippen molar-refractivity contribution in [3.05, 3.63) is 40.3 Å². The number of aryl methyl sites for hydroxylation is 1. The first kappa shape index (κ1) is 19.4. The van der Waals surface area contributed by atoms with E-state index in [1.807, 2.05) is 0 Å². The molecule has 1 aromatic carbocycles. The number of hydrogen-bond donors (Lipinski definition) is 2. The summed E-state index contributed by atoms with van der Waals surface area (Å²) in [5, 5.41) is 6.66. The van der Waals surface area contributed by atoms with E-state index >= 15 is 0 Å². The molecule has 0 saturated heterocycles. The number of methoxy groups -OCH3 is 1. The van der Waals surface area contributed by atoms with Gasteiger partial charge in [-0.3, -0.25) is 0 Å². The minimum atomic E-state index is -4.74. The Labute approximate surface area is 162 Å². The number of fused-ring (bicyclic) bond motifs is 1. The Bertz CT molecular complexity index is 864. The zero-order valence-electron chi connectivity index (χ0n) is 14.1. The van der Waals surface area contributed by atoms with Crippen molar-refractivity contribution in [3.8, 4) is 5.75 Å². The Balaban J connectivity index is 1.69. The third-order valence-corrected chi connectivity index (χ3v) is 5.30. The second-order valence-electron chi connectivity index (χ2n) is 5.70. The van der Waals surface area contributed by atoms with Crippen LogP contribution >= 0.6 is 23.6 Å². The van der Waals surface area contributed by atoms with Gasteiger partial charge in [0.25, 0.3) is 0 Å². The largest absolute Gasteiger partial charge is 0.573 e. The van der Waals surface area contributed by atoms with Crippen molar-refractivity contribution in [2.45, 2.75) is 25.6 Å². The van der Waals surface area contributed by atoms with E-state index in [0.717, 1.165) is 29.7 Å². The molecule has 2 N–H and O–H groups in total. The zero-order valence-corrected chi connectivity index (χ0v) is 15.7. The van der Waals surface area contributed by atoms with Gasteiger partial charge in [-0.15, -0.1) is 24.5 Å². The Morgan fingerprint density at radius 1 is 1.19 bits per heavy atom. The molecule has 1 heterocycles. The Hall–Kier alpha value is -2.33. The molecule has 1 aromatic heterocycles. The highest BCUT2D eigenvalue weighted by atomic mass is 32.1. The van der Waals surface area contributed by atoms with Gasteiger partial charge in [-0.2, -0.15) is 0 Å². The van der Waals surface area contributed by atoms with E-state index in [0.29, 0.717) is 16.3 Å². The molecule has 0 fully saturated rings. The van der Waals surface area contributed by atoms with Crippen LogP contribution in [0.2, 0.25) is 0 Å². The molecular weight excluding hydrogens is 401 g/mol. The summed E-state index contributed by atoms with van der Waals surface area (Å²) in [6.07, 6.45) is -2.01. The van der Waals surface area contributed by atoms with E-state index < -0.39 is 12.3 Å². The lowest BCUT2D eigenvalue weighted by molar-refractivity contribution is -0.274. The summed E-state index contributed by atoms with van der Waals surface area (Å²) in [5.41, 5.74) is 1.96. The standard InChI is InChI=1S/C17H15F3N2O3S2/c1-24-15(23)13-11-3-2-4-12(11)27-14(13)22-16(26)21-9-5-7-10(8-6-9)25-17(18,19)20/h5-8H,2-4H2,1H3,(H2,21,22,26). The molecule has 10 heteroatoms. The SMILES string of the molecule is COC(=O)c1c(NC(=S)Nc2ccc(OC(F)(F)F)cc2)sc2c1CCC2. The van der Waals surface area contributed by atoms with Crippen molar-refractivity contribution < 1.29 is 27.4 Å². The third-order valence-electron chi connectivity index (χ3n) is 3.88. The number of anilines is 2.